The summed E-state index contributed by atoms with van der Waals surface area (Å²) < 4.78 is 6.56. The van der Waals surface area contributed by atoms with Gasteiger partial charge in [0.1, 0.15) is 5.01 Å². The van der Waals surface area contributed by atoms with Crippen LogP contribution in [0.5, 0.6) is 0 Å². The van der Waals surface area contributed by atoms with Gasteiger partial charge in [0, 0.05) is 0 Å². The lowest BCUT2D eigenvalue weighted by Gasteiger charge is -1.99. The molecule has 0 aliphatic carbocycles. The lowest BCUT2D eigenvalue weighted by atomic mass is 10.3. The molecule has 5 nitrogen and oxygen atoms in total. The summed E-state index contributed by atoms with van der Waals surface area (Å²) in [7, 11) is 0. The predicted molar refractivity (Wildman–Crippen MR) is 55.9 cm³/mol. The van der Waals surface area contributed by atoms with E-state index in [0.29, 0.717) is 6.61 Å². The minimum Gasteiger partial charge on any atom is -0.466 e. The van der Waals surface area contributed by atoms with Gasteiger partial charge < -0.3 is 4.74 Å². The number of aryl methyl sites for hydroxylation is 1. The Bertz CT molecular complexity index is 488. The number of esters is 1. The van der Waals surface area contributed by atoms with Gasteiger partial charge >= 0.3 is 5.97 Å². The van der Waals surface area contributed by atoms with Crippen molar-refractivity contribution in [2.75, 3.05) is 6.61 Å². The summed E-state index contributed by atoms with van der Waals surface area (Å²) in [5, 5.41) is 5.18. The van der Waals surface area contributed by atoms with Crippen molar-refractivity contribution in [3.8, 4) is 0 Å². The third-order valence-electron chi connectivity index (χ3n) is 1.89. The van der Waals surface area contributed by atoms with E-state index in [4.69, 9.17) is 4.74 Å². The molecule has 0 aliphatic heterocycles. The van der Waals surface area contributed by atoms with Gasteiger partial charge in [0.15, 0.2) is 0 Å². The van der Waals surface area contributed by atoms with Crippen LogP contribution in [0, 0.1) is 6.92 Å². The van der Waals surface area contributed by atoms with Gasteiger partial charge in [-0.2, -0.15) is 5.10 Å². The van der Waals surface area contributed by atoms with Crippen LogP contribution < -0.4 is 0 Å². The van der Waals surface area contributed by atoms with E-state index in [1.165, 1.54) is 11.3 Å². The number of hydrogen-bond donors (Lipinski definition) is 0. The fraction of sp³-hybridized carbons (Fsp3) is 0.444. The zero-order valence-corrected chi connectivity index (χ0v) is 9.37. The second-order valence-electron chi connectivity index (χ2n) is 3.05. The molecule has 0 saturated carbocycles. The molecule has 2 rings (SSSR count). The summed E-state index contributed by atoms with van der Waals surface area (Å²) in [6.45, 7) is 4.10. The quantitative estimate of drug-likeness (QED) is 0.737. The van der Waals surface area contributed by atoms with E-state index >= 15 is 0 Å². The molecule has 15 heavy (non-hydrogen) atoms. The van der Waals surface area contributed by atoms with Gasteiger partial charge in [-0.1, -0.05) is 11.3 Å². The Balaban J connectivity index is 2.24. The molecule has 0 aromatic carbocycles. The van der Waals surface area contributed by atoms with Gasteiger partial charge in [0.2, 0.25) is 4.96 Å². The highest BCUT2D eigenvalue weighted by Gasteiger charge is 2.11. The van der Waals surface area contributed by atoms with Crippen molar-refractivity contribution in [2.45, 2.75) is 20.3 Å². The highest BCUT2D eigenvalue weighted by Crippen LogP contribution is 2.14. The van der Waals surface area contributed by atoms with Gasteiger partial charge in [-0.25, -0.2) is 9.50 Å². The van der Waals surface area contributed by atoms with E-state index in [2.05, 4.69) is 10.1 Å². The molecule has 0 spiro atoms. The maximum absolute atomic E-state index is 11.3. The molecule has 0 saturated heterocycles. The number of rotatable bonds is 3. The molecule has 6 heteroatoms. The van der Waals surface area contributed by atoms with Crippen molar-refractivity contribution in [1.29, 1.82) is 0 Å². The minimum atomic E-state index is -0.245. The Kier molecular flexibility index (Phi) is 2.68. The molecule has 2 aromatic rings. The van der Waals surface area contributed by atoms with Crippen LogP contribution >= 0.6 is 11.3 Å². The lowest BCUT2D eigenvalue weighted by Crippen LogP contribution is -2.09. The van der Waals surface area contributed by atoms with E-state index in [0.717, 1.165) is 15.7 Å². The molecular formula is C9H11N3O2S. The average Bonchev–Trinajstić information content (AvgIpc) is 2.67. The van der Waals surface area contributed by atoms with Crippen LogP contribution in [0.15, 0.2) is 6.20 Å². The number of nitrogens with zero attached hydrogens (tertiary/aromatic N) is 3. The lowest BCUT2D eigenvalue weighted by molar-refractivity contribution is -0.142. The first-order chi connectivity index (χ1) is 7.20. The number of carbonyl (C=O) groups excluding carboxylic acids is 1. The van der Waals surface area contributed by atoms with Crippen LogP contribution in [0.3, 0.4) is 0 Å². The molecule has 2 heterocycles. The van der Waals surface area contributed by atoms with Gasteiger partial charge in [-0.3, -0.25) is 4.79 Å². The van der Waals surface area contributed by atoms with Crippen LogP contribution in [0.1, 0.15) is 17.6 Å². The Morgan fingerprint density at radius 1 is 1.67 bits per heavy atom. The third-order valence-corrected chi connectivity index (χ3v) is 2.73. The van der Waals surface area contributed by atoms with E-state index in [9.17, 15) is 4.79 Å². The molecule has 0 bridgehead atoms. The number of carbonyl (C=O) groups is 1. The Morgan fingerprint density at radius 3 is 3.20 bits per heavy atom. The number of imidazole rings is 1. The number of ether oxygens (including phenoxy) is 1. The van der Waals surface area contributed by atoms with Crippen molar-refractivity contribution in [2.24, 2.45) is 0 Å². The highest BCUT2D eigenvalue weighted by atomic mass is 32.1. The fourth-order valence-corrected chi connectivity index (χ4v) is 2.05. The molecule has 0 radical (unpaired) electrons. The van der Waals surface area contributed by atoms with Crippen LogP contribution in [0.2, 0.25) is 0 Å². The van der Waals surface area contributed by atoms with Crippen molar-refractivity contribution in [3.63, 3.8) is 0 Å². The number of hydrogen-bond acceptors (Lipinski definition) is 5. The van der Waals surface area contributed by atoms with Crippen LogP contribution in [0.25, 0.3) is 4.96 Å². The first-order valence-corrected chi connectivity index (χ1v) is 5.48. The molecule has 2 aromatic heterocycles. The normalized spacial score (nSPS) is 10.8. The standard InChI is InChI=1S/C9H11N3O2S/c1-3-14-8(13)4-7-5-10-9-12(7)11-6(2)15-9/h5H,3-4H2,1-2H3. The van der Waals surface area contributed by atoms with Gasteiger partial charge in [-0.05, 0) is 13.8 Å². The molecule has 0 N–H and O–H groups in total. The number of aromatic nitrogens is 3. The zero-order valence-electron chi connectivity index (χ0n) is 8.56. The molecule has 0 atom stereocenters. The highest BCUT2D eigenvalue weighted by molar-refractivity contribution is 7.16. The summed E-state index contributed by atoms with van der Waals surface area (Å²) in [4.78, 5) is 16.2. The van der Waals surface area contributed by atoms with Crippen molar-refractivity contribution >= 4 is 22.3 Å². The zero-order chi connectivity index (χ0) is 10.8. The van der Waals surface area contributed by atoms with E-state index < -0.39 is 0 Å². The molecule has 0 unspecified atom stereocenters. The Labute approximate surface area is 90.7 Å². The molecular weight excluding hydrogens is 214 g/mol. The van der Waals surface area contributed by atoms with Crippen LogP contribution in [-0.2, 0) is 16.0 Å². The van der Waals surface area contributed by atoms with Gasteiger partial charge in [0.25, 0.3) is 0 Å². The molecule has 80 valence electrons. The van der Waals surface area contributed by atoms with Crippen molar-refractivity contribution < 1.29 is 9.53 Å². The Hall–Kier alpha value is -1.43. The van der Waals surface area contributed by atoms with Gasteiger partial charge in [-0.15, -0.1) is 0 Å². The third kappa shape index (κ3) is 1.99. The topological polar surface area (TPSA) is 56.5 Å². The maximum Gasteiger partial charge on any atom is 0.311 e. The van der Waals surface area contributed by atoms with Gasteiger partial charge in [0.05, 0.1) is 24.9 Å². The summed E-state index contributed by atoms with van der Waals surface area (Å²) in [6, 6.07) is 0. The predicted octanol–water partition coefficient (Wildman–Crippen LogP) is 1.20. The number of fused-ring (bicyclic) bond motifs is 1. The summed E-state index contributed by atoms with van der Waals surface area (Å²) in [5.74, 6) is -0.245. The van der Waals surface area contributed by atoms with Crippen molar-refractivity contribution in [3.05, 3.63) is 16.9 Å². The Morgan fingerprint density at radius 2 is 2.47 bits per heavy atom. The van der Waals surface area contributed by atoms with E-state index in [-0.39, 0.29) is 12.4 Å². The monoisotopic (exact) mass is 225 g/mol. The second-order valence-corrected chi connectivity index (χ2v) is 4.21. The first kappa shape index (κ1) is 10.1. The average molecular weight is 225 g/mol. The molecule has 0 aliphatic rings. The smallest absolute Gasteiger partial charge is 0.311 e. The summed E-state index contributed by atoms with van der Waals surface area (Å²) in [5.41, 5.74) is 0.771. The fourth-order valence-electron chi connectivity index (χ4n) is 1.31. The van der Waals surface area contributed by atoms with Crippen LogP contribution in [0.4, 0.5) is 0 Å². The largest absolute Gasteiger partial charge is 0.466 e. The van der Waals surface area contributed by atoms with Crippen LogP contribution in [-0.4, -0.2) is 27.2 Å². The first-order valence-electron chi connectivity index (χ1n) is 4.66. The summed E-state index contributed by atoms with van der Waals surface area (Å²) in [6.07, 6.45) is 1.88. The molecule has 0 amide bonds. The maximum atomic E-state index is 11.3. The van der Waals surface area contributed by atoms with E-state index in [1.54, 1.807) is 17.6 Å². The minimum absolute atomic E-state index is 0.220. The molecule has 0 fully saturated rings. The SMILES string of the molecule is CCOC(=O)Cc1cnc2sc(C)nn12. The summed E-state index contributed by atoms with van der Waals surface area (Å²) >= 11 is 1.50. The second kappa shape index (κ2) is 3.98. The van der Waals surface area contributed by atoms with E-state index in [1.807, 2.05) is 6.92 Å². The van der Waals surface area contributed by atoms with Crippen molar-refractivity contribution in [1.82, 2.24) is 14.6 Å².